The first-order valence-corrected chi connectivity index (χ1v) is 7.75. The molecule has 1 aliphatic carbocycles. The van der Waals surface area contributed by atoms with Gasteiger partial charge in [0.1, 0.15) is 0 Å². The summed E-state index contributed by atoms with van der Waals surface area (Å²) in [7, 11) is 0. The Kier molecular flexibility index (Phi) is 20.4. The van der Waals surface area contributed by atoms with Gasteiger partial charge in [-0.15, -0.1) is 34.5 Å². The topological polar surface area (TPSA) is 0 Å². The molecule has 0 saturated heterocycles. The molecule has 1 heteroatoms. The van der Waals surface area contributed by atoms with Gasteiger partial charge in [-0.05, 0) is 19.3 Å². The molecule has 0 nitrogen and oxygen atoms in total. The van der Waals surface area contributed by atoms with E-state index in [2.05, 4.69) is 31.2 Å². The fourth-order valence-electron chi connectivity index (χ4n) is 3.15. The Balaban J connectivity index is -0.000000196. The van der Waals surface area contributed by atoms with Crippen LogP contribution in [0.25, 0.3) is 10.8 Å². The minimum absolute atomic E-state index is 0. The van der Waals surface area contributed by atoms with Crippen molar-refractivity contribution in [1.29, 1.82) is 0 Å². The van der Waals surface area contributed by atoms with Gasteiger partial charge in [0.05, 0.1) is 0 Å². The Hall–Kier alpha value is -0.950. The summed E-state index contributed by atoms with van der Waals surface area (Å²) in [6.45, 7) is 2.26. The zero-order chi connectivity index (χ0) is 13.8. The second-order valence-corrected chi connectivity index (χ2v) is 5.63. The molecular formula is C25H37Hf-7. The van der Waals surface area contributed by atoms with Crippen LogP contribution in [0.1, 0.15) is 36.5 Å². The molecule has 3 aromatic rings. The van der Waals surface area contributed by atoms with Gasteiger partial charge in [0, 0.05) is 25.8 Å². The van der Waals surface area contributed by atoms with Crippen molar-refractivity contribution in [2.24, 2.45) is 0 Å². The molecular weight excluding hydrogens is 479 g/mol. The molecule has 0 fully saturated rings. The summed E-state index contributed by atoms with van der Waals surface area (Å²) in [6.07, 6.45) is 6.41. The minimum atomic E-state index is 0. The van der Waals surface area contributed by atoms with E-state index in [1.54, 1.807) is 16.7 Å². The Bertz CT molecular complexity index is 642. The number of hydrogen-bond acceptors (Lipinski definition) is 0. The van der Waals surface area contributed by atoms with Crippen LogP contribution in [0, 0.1) is 37.1 Å². The predicted molar refractivity (Wildman–Crippen MR) is 120 cm³/mol. The molecule has 0 atom stereocenters. The Morgan fingerprint density at radius 2 is 1.50 bits per heavy atom. The fourth-order valence-corrected chi connectivity index (χ4v) is 3.15. The normalized spacial score (nSPS) is 10.0. The molecule has 1 aliphatic rings. The maximum atomic E-state index is 2.45. The monoisotopic (exact) mass is 517 g/mol. The predicted octanol–water partition coefficient (Wildman–Crippen LogP) is 7.65. The van der Waals surface area contributed by atoms with E-state index < -0.39 is 0 Å². The van der Waals surface area contributed by atoms with Gasteiger partial charge < -0.3 is 37.1 Å². The summed E-state index contributed by atoms with van der Waals surface area (Å²) in [6, 6.07) is 19.5. The van der Waals surface area contributed by atoms with Gasteiger partial charge in [-0.2, -0.15) is 24.3 Å². The average Bonchev–Trinajstić information content (AvgIpc) is 3.20. The summed E-state index contributed by atoms with van der Waals surface area (Å²) < 4.78 is 0. The van der Waals surface area contributed by atoms with Crippen molar-refractivity contribution in [2.45, 2.75) is 39.0 Å². The quantitative estimate of drug-likeness (QED) is 0.243. The van der Waals surface area contributed by atoms with Crippen molar-refractivity contribution in [3.8, 4) is 0 Å². The van der Waals surface area contributed by atoms with E-state index >= 15 is 0 Å². The van der Waals surface area contributed by atoms with Crippen molar-refractivity contribution >= 4 is 10.8 Å². The van der Waals surface area contributed by atoms with Crippen LogP contribution in [-0.2, 0) is 45.1 Å². The molecule has 0 amide bonds. The molecule has 3 aromatic carbocycles. The van der Waals surface area contributed by atoms with Gasteiger partial charge in [0.25, 0.3) is 0 Å². The third-order valence-electron chi connectivity index (χ3n) is 4.15. The van der Waals surface area contributed by atoms with Gasteiger partial charge in [0.2, 0.25) is 0 Å². The summed E-state index contributed by atoms with van der Waals surface area (Å²) in [5, 5.41) is 2.97. The Morgan fingerprint density at radius 1 is 0.923 bits per heavy atom. The molecule has 0 heterocycles. The van der Waals surface area contributed by atoms with Crippen LogP contribution >= 0.6 is 0 Å². The van der Waals surface area contributed by atoms with Crippen LogP contribution in [-0.4, -0.2) is 0 Å². The SMILES string of the molecule is CCC[c-]1ccc2cc3c(cc21)CCC3.[CH3-].[CH3-].[CH3-].[CH3-].[CH3-].[Hf].c1cc[cH-]c1. The van der Waals surface area contributed by atoms with Crippen molar-refractivity contribution in [3.63, 3.8) is 0 Å². The number of aryl methyl sites for hydroxylation is 3. The first kappa shape index (κ1) is 32.7. The first-order chi connectivity index (χ1) is 9.88. The molecule has 0 unspecified atom stereocenters. The van der Waals surface area contributed by atoms with Gasteiger partial charge in [0.15, 0.2) is 0 Å². The van der Waals surface area contributed by atoms with Crippen LogP contribution in [0.15, 0.2) is 54.6 Å². The van der Waals surface area contributed by atoms with Crippen LogP contribution in [0.5, 0.6) is 0 Å². The van der Waals surface area contributed by atoms with Crippen LogP contribution < -0.4 is 0 Å². The van der Waals surface area contributed by atoms with Crippen LogP contribution in [0.4, 0.5) is 0 Å². The smallest absolute Gasteiger partial charge is 0 e. The van der Waals surface area contributed by atoms with Crippen molar-refractivity contribution in [1.82, 2.24) is 0 Å². The van der Waals surface area contributed by atoms with E-state index in [-0.39, 0.29) is 63.0 Å². The van der Waals surface area contributed by atoms with Crippen molar-refractivity contribution < 1.29 is 25.8 Å². The van der Waals surface area contributed by atoms with Crippen LogP contribution in [0.2, 0.25) is 0 Å². The largest absolute Gasteiger partial charge is 0.358 e. The maximum absolute atomic E-state index is 2.45. The second kappa shape index (κ2) is 16.2. The molecule has 0 spiro atoms. The van der Waals surface area contributed by atoms with E-state index in [0.717, 1.165) is 0 Å². The van der Waals surface area contributed by atoms with E-state index in [0.29, 0.717) is 0 Å². The van der Waals surface area contributed by atoms with E-state index in [4.69, 9.17) is 0 Å². The standard InChI is InChI=1S/C15H17.C5H5.5CH3.Hf/c1-2-4-11-7-8-14-9-12-5-3-6-13(12)10-15(11)14;1-2-4-5-3-1;;;;;;/h7-10H,2-6H2,1H3;1-5H;5*1H3;/q7*-1;. The van der Waals surface area contributed by atoms with Gasteiger partial charge in [-0.1, -0.05) is 30.9 Å². The molecule has 0 bridgehead atoms. The van der Waals surface area contributed by atoms with Gasteiger partial charge in [-0.3, -0.25) is 0 Å². The number of benzene rings is 1. The third kappa shape index (κ3) is 7.74. The zero-order valence-electron chi connectivity index (χ0n) is 17.7. The van der Waals surface area contributed by atoms with E-state index in [1.165, 1.54) is 42.9 Å². The summed E-state index contributed by atoms with van der Waals surface area (Å²) in [5.74, 6) is 0. The number of fused-ring (bicyclic) bond motifs is 2. The molecule has 4 rings (SSSR count). The van der Waals surface area contributed by atoms with Crippen LogP contribution in [0.3, 0.4) is 0 Å². The first-order valence-electron chi connectivity index (χ1n) is 7.75. The van der Waals surface area contributed by atoms with Gasteiger partial charge in [-0.25, -0.2) is 12.1 Å². The zero-order valence-corrected chi connectivity index (χ0v) is 21.3. The summed E-state index contributed by atoms with van der Waals surface area (Å²) in [5.41, 5.74) is 4.74. The van der Waals surface area contributed by atoms with Crippen molar-refractivity contribution in [2.75, 3.05) is 0 Å². The molecule has 0 N–H and O–H groups in total. The number of rotatable bonds is 2. The molecule has 0 saturated carbocycles. The number of hydrogen-bond donors (Lipinski definition) is 0. The summed E-state index contributed by atoms with van der Waals surface area (Å²) >= 11 is 0. The average molecular weight is 516 g/mol. The molecule has 0 aromatic heterocycles. The fraction of sp³-hybridized carbons (Fsp3) is 0.240. The second-order valence-electron chi connectivity index (χ2n) is 5.63. The molecule has 0 aliphatic heterocycles. The molecule has 0 radical (unpaired) electrons. The Labute approximate surface area is 183 Å². The van der Waals surface area contributed by atoms with Gasteiger partial charge >= 0.3 is 0 Å². The Morgan fingerprint density at radius 3 is 2.00 bits per heavy atom. The molecule has 148 valence electrons. The maximum Gasteiger partial charge on any atom is 0 e. The van der Waals surface area contributed by atoms with E-state index in [1.807, 2.05) is 30.3 Å². The van der Waals surface area contributed by atoms with Crippen molar-refractivity contribution in [3.05, 3.63) is 108 Å². The third-order valence-corrected chi connectivity index (χ3v) is 4.15. The van der Waals surface area contributed by atoms with E-state index in [9.17, 15) is 0 Å². The minimum Gasteiger partial charge on any atom is -0.358 e. The molecule has 26 heavy (non-hydrogen) atoms. The summed E-state index contributed by atoms with van der Waals surface area (Å²) in [4.78, 5) is 0.